The van der Waals surface area contributed by atoms with Gasteiger partial charge in [0.2, 0.25) is 0 Å². The molecule has 0 atom stereocenters. The molecule has 37 heavy (non-hydrogen) atoms. The van der Waals surface area contributed by atoms with E-state index in [-0.39, 0.29) is 4.48 Å². The van der Waals surface area contributed by atoms with E-state index in [1.54, 1.807) is 17.5 Å². The van der Waals surface area contributed by atoms with Gasteiger partial charge in [-0.1, -0.05) is 23.7 Å². The molecule has 1 fully saturated rings. The number of carbonyl (C=O) groups excluding carboxylic acids is 1. The molecule has 1 aromatic carbocycles. The summed E-state index contributed by atoms with van der Waals surface area (Å²) in [5.74, 6) is 0.758. The summed E-state index contributed by atoms with van der Waals surface area (Å²) in [6, 6.07) is 13.7. The zero-order valence-electron chi connectivity index (χ0n) is 20.3. The first-order valence-corrected chi connectivity index (χ1v) is 13.3. The van der Waals surface area contributed by atoms with Gasteiger partial charge in [0.15, 0.2) is 0 Å². The maximum atomic E-state index is 12.8. The topological polar surface area (TPSA) is 87.7 Å². The second-order valence-corrected chi connectivity index (χ2v) is 10.7. The molecule has 0 unspecified atom stereocenters. The van der Waals surface area contributed by atoms with E-state index >= 15 is 0 Å². The molecule has 1 aliphatic heterocycles. The number of benzene rings is 1. The molecule has 0 radical (unpaired) electrons. The molecule has 186 valence electrons. The van der Waals surface area contributed by atoms with Crippen LogP contribution in [-0.4, -0.2) is 62.6 Å². The molecule has 4 aromatic heterocycles. The zero-order valence-corrected chi connectivity index (χ0v) is 21.8. The molecule has 1 aliphatic rings. The largest absolute Gasteiger partial charge is 0.307 e. The first-order chi connectivity index (χ1) is 18.1. The van der Waals surface area contributed by atoms with Gasteiger partial charge >= 0.3 is 6.41 Å². The van der Waals surface area contributed by atoms with Crippen molar-refractivity contribution >= 4 is 46.1 Å². The van der Waals surface area contributed by atoms with E-state index < -0.39 is 0 Å². The van der Waals surface area contributed by atoms with Crippen molar-refractivity contribution in [3.63, 3.8) is 0 Å². The third-order valence-electron chi connectivity index (χ3n) is 7.03. The van der Waals surface area contributed by atoms with Gasteiger partial charge in [-0.15, -0.1) is 11.3 Å². The van der Waals surface area contributed by atoms with Crippen LogP contribution in [0.2, 0.25) is 5.02 Å². The summed E-state index contributed by atoms with van der Waals surface area (Å²) in [6.07, 6.45) is 6.44. The van der Waals surface area contributed by atoms with Gasteiger partial charge in [0, 0.05) is 54.2 Å². The summed E-state index contributed by atoms with van der Waals surface area (Å²) in [6.45, 7) is 5.51. The van der Waals surface area contributed by atoms with Gasteiger partial charge in [0.25, 0.3) is 5.82 Å². The van der Waals surface area contributed by atoms with Crippen LogP contribution in [0, 0.1) is 6.92 Å². The Morgan fingerprint density at radius 1 is 1.14 bits per heavy atom. The van der Waals surface area contributed by atoms with Gasteiger partial charge < -0.3 is 0 Å². The molecule has 1 N–H and O–H groups in total. The van der Waals surface area contributed by atoms with Gasteiger partial charge in [-0.05, 0) is 42.8 Å². The fourth-order valence-corrected chi connectivity index (χ4v) is 6.16. The van der Waals surface area contributed by atoms with E-state index in [0.29, 0.717) is 18.1 Å². The van der Waals surface area contributed by atoms with Crippen LogP contribution in [0.15, 0.2) is 61.1 Å². The van der Waals surface area contributed by atoms with E-state index in [2.05, 4.69) is 25.1 Å². The second kappa shape index (κ2) is 9.75. The molecule has 6 rings (SSSR count). The summed E-state index contributed by atoms with van der Waals surface area (Å²) in [5.41, 5.74) is 4.55. The number of nitrogens with one attached hydrogen (secondary N) is 1. The average Bonchev–Trinajstić information content (AvgIpc) is 3.58. The lowest BCUT2D eigenvalue weighted by molar-refractivity contribution is -0.119. The zero-order chi connectivity index (χ0) is 25.4. The van der Waals surface area contributed by atoms with Crippen LogP contribution in [0.4, 0.5) is 5.82 Å². The van der Waals surface area contributed by atoms with Gasteiger partial charge in [-0.2, -0.15) is 10.1 Å². The molecule has 8 nitrogen and oxygen atoms in total. The number of nitrogens with zero attached hydrogens (tertiary/aromatic N) is 6. The summed E-state index contributed by atoms with van der Waals surface area (Å²) in [4.78, 5) is 30.0. The summed E-state index contributed by atoms with van der Waals surface area (Å²) < 4.78 is 0.163. The van der Waals surface area contributed by atoms with Gasteiger partial charge in [-0.25, -0.2) is 9.28 Å². The first kappa shape index (κ1) is 23.9. The number of halogens is 1. The lowest BCUT2D eigenvalue weighted by Crippen LogP contribution is -2.60. The van der Waals surface area contributed by atoms with E-state index in [4.69, 9.17) is 16.6 Å². The lowest BCUT2D eigenvalue weighted by atomic mass is 10.1. The fourth-order valence-electron chi connectivity index (χ4n) is 4.87. The van der Waals surface area contributed by atoms with Gasteiger partial charge in [0.05, 0.1) is 11.2 Å². The Bertz CT molecular complexity index is 1560. The van der Waals surface area contributed by atoms with Crippen LogP contribution < -0.4 is 4.48 Å². The molecule has 0 bridgehead atoms. The van der Waals surface area contributed by atoms with Crippen LogP contribution in [-0.2, 0) is 11.3 Å². The number of hydrogen-bond donors (Lipinski definition) is 1. The van der Waals surface area contributed by atoms with Crippen molar-refractivity contribution in [1.29, 1.82) is 0 Å². The summed E-state index contributed by atoms with van der Waals surface area (Å²) in [7, 11) is 0. The number of hydrogen-bond acceptors (Lipinski definition) is 7. The molecule has 5 heterocycles. The number of carbonyl (C=O) groups is 1. The van der Waals surface area contributed by atoms with E-state index in [0.717, 1.165) is 75.2 Å². The van der Waals surface area contributed by atoms with Crippen molar-refractivity contribution in [2.24, 2.45) is 0 Å². The Kier molecular flexibility index (Phi) is 6.29. The van der Waals surface area contributed by atoms with Crippen molar-refractivity contribution in [2.75, 3.05) is 26.2 Å². The summed E-state index contributed by atoms with van der Waals surface area (Å²) >= 11 is 7.88. The van der Waals surface area contributed by atoms with Crippen LogP contribution in [0.1, 0.15) is 11.3 Å². The van der Waals surface area contributed by atoms with Crippen LogP contribution in [0.3, 0.4) is 0 Å². The van der Waals surface area contributed by atoms with Crippen LogP contribution >= 0.6 is 22.9 Å². The van der Waals surface area contributed by atoms with Crippen molar-refractivity contribution in [3.05, 3.63) is 77.3 Å². The molecule has 5 aromatic rings. The molecule has 10 heteroatoms. The number of fused-ring (bicyclic) bond motifs is 1. The van der Waals surface area contributed by atoms with E-state index in [1.165, 1.54) is 0 Å². The number of rotatable bonds is 6. The molecule has 0 saturated carbocycles. The predicted octanol–water partition coefficient (Wildman–Crippen LogP) is 5.08. The number of quaternary nitrogens is 1. The number of amides is 1. The maximum absolute atomic E-state index is 12.8. The Hall–Kier alpha value is -3.50. The lowest BCUT2D eigenvalue weighted by Gasteiger charge is -2.38. The van der Waals surface area contributed by atoms with Gasteiger partial charge in [-0.3, -0.25) is 20.0 Å². The number of thiazole rings is 1. The van der Waals surface area contributed by atoms with E-state index in [1.807, 2.05) is 61.8 Å². The third kappa shape index (κ3) is 4.34. The Balaban J connectivity index is 1.40. The normalized spacial score (nSPS) is 15.7. The fraction of sp³-hybridized carbons (Fsp3) is 0.222. The monoisotopic (exact) mass is 530 g/mol. The smallest absolute Gasteiger partial charge is 0.286 e. The Morgan fingerprint density at radius 3 is 2.73 bits per heavy atom. The molecular weight excluding hydrogens is 506 g/mol. The van der Waals surface area contributed by atoms with Crippen LogP contribution in [0.5, 0.6) is 0 Å². The number of aromatic amines is 1. The second-order valence-electron chi connectivity index (χ2n) is 9.26. The minimum atomic E-state index is 0.163. The number of aryl methyl sites for hydroxylation is 1. The molecular formula is C27H25ClN7OS+. The standard InChI is InChI=1S/C27H25ClN7OS/c1-18-22(28)8-7-21-23(18)32-33-24(21)27-31-26(25(37-27)19-5-4-9-29-15-19)35(17-36)13-11-34(12-14-35)16-20-6-2-3-10-30-20/h2-10,15,17H,11-14,16H2,1H3,(H,32,33)/q+1. The highest BCUT2D eigenvalue weighted by molar-refractivity contribution is 7.19. The highest BCUT2D eigenvalue weighted by atomic mass is 35.5. The Morgan fingerprint density at radius 2 is 2.00 bits per heavy atom. The number of H-pyrrole nitrogens is 1. The first-order valence-electron chi connectivity index (χ1n) is 12.1. The number of piperazine rings is 1. The van der Waals surface area contributed by atoms with Crippen molar-refractivity contribution in [1.82, 2.24) is 34.5 Å². The minimum Gasteiger partial charge on any atom is -0.286 e. The highest BCUT2D eigenvalue weighted by Gasteiger charge is 2.41. The predicted molar refractivity (Wildman–Crippen MR) is 147 cm³/mol. The molecule has 1 amide bonds. The van der Waals surface area contributed by atoms with Crippen molar-refractivity contribution < 1.29 is 4.79 Å². The molecule has 1 saturated heterocycles. The minimum absolute atomic E-state index is 0.163. The Labute approximate surface area is 223 Å². The highest BCUT2D eigenvalue weighted by Crippen LogP contribution is 2.44. The van der Waals surface area contributed by atoms with Crippen molar-refractivity contribution in [2.45, 2.75) is 13.5 Å². The van der Waals surface area contributed by atoms with Crippen LogP contribution in [0.25, 0.3) is 32.0 Å². The number of aromatic nitrogens is 5. The van der Waals surface area contributed by atoms with E-state index in [9.17, 15) is 4.79 Å². The molecule has 0 aliphatic carbocycles. The average molecular weight is 531 g/mol. The molecule has 0 spiro atoms. The third-order valence-corrected chi connectivity index (χ3v) is 8.55. The van der Waals surface area contributed by atoms with Gasteiger partial charge in [0.1, 0.15) is 28.7 Å². The number of pyridine rings is 2. The van der Waals surface area contributed by atoms with Crippen molar-refractivity contribution in [3.8, 4) is 21.1 Å². The quantitative estimate of drug-likeness (QED) is 0.243. The summed E-state index contributed by atoms with van der Waals surface area (Å²) in [5, 5.41) is 10.1. The SMILES string of the molecule is Cc1c(Cl)ccc2c(-c3nc([N+]4(C=O)CCN(Cc5ccccn5)CC4)c(-c4cccnc4)s3)[nH]nc12. The maximum Gasteiger partial charge on any atom is 0.307 e.